The summed E-state index contributed by atoms with van der Waals surface area (Å²) in [6, 6.07) is -0.352. The molecular formula is C12H24N2O. The molecular weight excluding hydrogens is 188 g/mol. The quantitative estimate of drug-likeness (QED) is 0.742. The van der Waals surface area contributed by atoms with E-state index in [0.29, 0.717) is 23.2 Å². The van der Waals surface area contributed by atoms with E-state index in [2.05, 4.69) is 33.0 Å². The molecule has 0 unspecified atom stereocenters. The van der Waals surface area contributed by atoms with Crippen LogP contribution >= 0.6 is 0 Å². The van der Waals surface area contributed by atoms with Gasteiger partial charge >= 0.3 is 0 Å². The van der Waals surface area contributed by atoms with Crippen molar-refractivity contribution in [3.8, 4) is 0 Å². The van der Waals surface area contributed by atoms with E-state index in [1.54, 1.807) is 0 Å². The first-order chi connectivity index (χ1) is 6.75. The molecule has 0 heterocycles. The average Bonchev–Trinajstić information content (AvgIpc) is 2.53. The Balaban J connectivity index is 2.38. The van der Waals surface area contributed by atoms with Crippen LogP contribution in [0.5, 0.6) is 0 Å². The molecule has 1 atom stereocenters. The van der Waals surface area contributed by atoms with E-state index < -0.39 is 0 Å². The van der Waals surface area contributed by atoms with E-state index >= 15 is 0 Å². The van der Waals surface area contributed by atoms with Crippen LogP contribution in [0.4, 0.5) is 0 Å². The molecule has 0 bridgehead atoms. The lowest BCUT2D eigenvalue weighted by Crippen LogP contribution is -2.41. The van der Waals surface area contributed by atoms with Gasteiger partial charge in [-0.1, -0.05) is 34.6 Å². The third kappa shape index (κ3) is 2.03. The number of carbonyl (C=O) groups excluding carboxylic acids is 1. The Hall–Kier alpha value is -0.570. The van der Waals surface area contributed by atoms with Gasteiger partial charge in [-0.05, 0) is 23.2 Å². The van der Waals surface area contributed by atoms with E-state index in [1.165, 1.54) is 0 Å². The van der Waals surface area contributed by atoms with Gasteiger partial charge in [0.2, 0.25) is 5.91 Å². The molecule has 0 spiro atoms. The van der Waals surface area contributed by atoms with Crippen LogP contribution in [0.2, 0.25) is 0 Å². The van der Waals surface area contributed by atoms with Crippen molar-refractivity contribution < 1.29 is 4.79 Å². The van der Waals surface area contributed by atoms with E-state index in [0.717, 1.165) is 6.54 Å². The zero-order valence-electron chi connectivity index (χ0n) is 10.6. The van der Waals surface area contributed by atoms with E-state index in [-0.39, 0.29) is 11.9 Å². The molecule has 15 heavy (non-hydrogen) atoms. The summed E-state index contributed by atoms with van der Waals surface area (Å²) in [5.41, 5.74) is 6.31. The average molecular weight is 212 g/mol. The molecule has 0 saturated heterocycles. The second-order valence-electron chi connectivity index (χ2n) is 5.76. The maximum absolute atomic E-state index is 11.5. The topological polar surface area (TPSA) is 55.1 Å². The van der Waals surface area contributed by atoms with Crippen LogP contribution in [0.25, 0.3) is 0 Å². The normalized spacial score (nSPS) is 24.7. The zero-order chi connectivity index (χ0) is 11.9. The van der Waals surface area contributed by atoms with Crippen molar-refractivity contribution in [3.63, 3.8) is 0 Å². The van der Waals surface area contributed by atoms with Gasteiger partial charge < -0.3 is 11.1 Å². The van der Waals surface area contributed by atoms with E-state index in [4.69, 9.17) is 5.73 Å². The molecule has 0 aromatic heterocycles. The van der Waals surface area contributed by atoms with Gasteiger partial charge in [0.15, 0.2) is 0 Å². The van der Waals surface area contributed by atoms with Gasteiger partial charge in [0.1, 0.15) is 0 Å². The highest BCUT2D eigenvalue weighted by atomic mass is 16.2. The number of hydrogen-bond acceptors (Lipinski definition) is 2. The van der Waals surface area contributed by atoms with Crippen LogP contribution in [0.1, 0.15) is 41.0 Å². The summed E-state index contributed by atoms with van der Waals surface area (Å²) in [5.74, 6) is 0.550. The standard InChI is InChI=1S/C12H24N2O/c1-6-8(13)10(15)14-7-9-11(2,3)12(9,4)5/h8-9H,6-7,13H2,1-5H3,(H,14,15)/t8-/m0/s1. The maximum atomic E-state index is 11.5. The second kappa shape index (κ2) is 3.78. The number of hydrogen-bond donors (Lipinski definition) is 2. The molecule has 1 amide bonds. The van der Waals surface area contributed by atoms with Crippen molar-refractivity contribution in [1.29, 1.82) is 0 Å². The molecule has 3 N–H and O–H groups in total. The predicted molar refractivity (Wildman–Crippen MR) is 62.3 cm³/mol. The van der Waals surface area contributed by atoms with Gasteiger partial charge in [-0.2, -0.15) is 0 Å². The number of amides is 1. The molecule has 1 rings (SSSR count). The van der Waals surface area contributed by atoms with Gasteiger partial charge in [0, 0.05) is 6.54 Å². The maximum Gasteiger partial charge on any atom is 0.236 e. The van der Waals surface area contributed by atoms with Crippen molar-refractivity contribution in [2.45, 2.75) is 47.1 Å². The summed E-state index contributed by atoms with van der Waals surface area (Å²) < 4.78 is 0. The third-order valence-electron chi connectivity index (χ3n) is 4.58. The minimum absolute atomic E-state index is 0.0176. The Bertz CT molecular complexity index is 244. The van der Waals surface area contributed by atoms with Crippen molar-refractivity contribution in [3.05, 3.63) is 0 Å². The lowest BCUT2D eigenvalue weighted by atomic mass is 10.0. The van der Waals surface area contributed by atoms with Gasteiger partial charge in [-0.25, -0.2) is 0 Å². The molecule has 0 aliphatic heterocycles. The van der Waals surface area contributed by atoms with Crippen molar-refractivity contribution in [2.24, 2.45) is 22.5 Å². The van der Waals surface area contributed by atoms with Crippen LogP contribution in [-0.4, -0.2) is 18.5 Å². The van der Waals surface area contributed by atoms with Crippen LogP contribution < -0.4 is 11.1 Å². The molecule has 88 valence electrons. The van der Waals surface area contributed by atoms with Crippen LogP contribution in [-0.2, 0) is 4.79 Å². The van der Waals surface area contributed by atoms with Crippen molar-refractivity contribution in [2.75, 3.05) is 6.54 Å². The molecule has 3 heteroatoms. The predicted octanol–water partition coefficient (Wildman–Crippen LogP) is 1.52. The summed E-state index contributed by atoms with van der Waals surface area (Å²) in [6.45, 7) is 11.7. The summed E-state index contributed by atoms with van der Waals surface area (Å²) in [7, 11) is 0. The minimum Gasteiger partial charge on any atom is -0.354 e. The fraction of sp³-hybridized carbons (Fsp3) is 0.917. The lowest BCUT2D eigenvalue weighted by Gasteiger charge is -2.10. The molecule has 1 fully saturated rings. The number of rotatable bonds is 4. The van der Waals surface area contributed by atoms with Gasteiger partial charge in [-0.15, -0.1) is 0 Å². The number of nitrogens with two attached hydrogens (primary N) is 1. The highest BCUT2D eigenvalue weighted by Crippen LogP contribution is 2.67. The van der Waals surface area contributed by atoms with Crippen molar-refractivity contribution >= 4 is 5.91 Å². The molecule has 0 radical (unpaired) electrons. The molecule has 0 aromatic carbocycles. The molecule has 0 aromatic rings. The molecule has 1 saturated carbocycles. The lowest BCUT2D eigenvalue weighted by molar-refractivity contribution is -0.122. The Morgan fingerprint density at radius 1 is 1.33 bits per heavy atom. The second-order valence-corrected chi connectivity index (χ2v) is 5.76. The van der Waals surface area contributed by atoms with Crippen LogP contribution in [0.15, 0.2) is 0 Å². The highest BCUT2D eigenvalue weighted by Gasteiger charge is 2.64. The Morgan fingerprint density at radius 2 is 1.80 bits per heavy atom. The summed E-state index contributed by atoms with van der Waals surface area (Å²) >= 11 is 0. The monoisotopic (exact) mass is 212 g/mol. The van der Waals surface area contributed by atoms with Gasteiger partial charge in [0.25, 0.3) is 0 Å². The Kier molecular flexibility index (Phi) is 3.15. The molecule has 1 aliphatic carbocycles. The summed E-state index contributed by atoms with van der Waals surface area (Å²) in [6.07, 6.45) is 0.698. The summed E-state index contributed by atoms with van der Waals surface area (Å²) in [5, 5.41) is 2.94. The van der Waals surface area contributed by atoms with Crippen LogP contribution in [0.3, 0.4) is 0 Å². The molecule has 1 aliphatic rings. The van der Waals surface area contributed by atoms with E-state index in [9.17, 15) is 4.79 Å². The first-order valence-corrected chi connectivity index (χ1v) is 5.78. The first kappa shape index (κ1) is 12.5. The number of carbonyl (C=O) groups is 1. The highest BCUT2D eigenvalue weighted by molar-refractivity contribution is 5.81. The Morgan fingerprint density at radius 3 is 2.13 bits per heavy atom. The zero-order valence-corrected chi connectivity index (χ0v) is 10.6. The summed E-state index contributed by atoms with van der Waals surface area (Å²) in [4.78, 5) is 11.5. The molecule has 3 nitrogen and oxygen atoms in total. The van der Waals surface area contributed by atoms with Crippen molar-refractivity contribution in [1.82, 2.24) is 5.32 Å². The van der Waals surface area contributed by atoms with Gasteiger partial charge in [0.05, 0.1) is 6.04 Å². The fourth-order valence-electron chi connectivity index (χ4n) is 2.36. The SMILES string of the molecule is CC[C@H](N)C(=O)NCC1C(C)(C)C1(C)C. The smallest absolute Gasteiger partial charge is 0.236 e. The fourth-order valence-corrected chi connectivity index (χ4v) is 2.36. The minimum atomic E-state index is -0.352. The Labute approximate surface area is 92.8 Å². The van der Waals surface area contributed by atoms with Gasteiger partial charge in [-0.3, -0.25) is 4.79 Å². The first-order valence-electron chi connectivity index (χ1n) is 5.78. The third-order valence-corrected chi connectivity index (χ3v) is 4.58. The number of nitrogens with one attached hydrogen (secondary N) is 1. The largest absolute Gasteiger partial charge is 0.354 e. The van der Waals surface area contributed by atoms with Crippen LogP contribution in [0, 0.1) is 16.7 Å². The van der Waals surface area contributed by atoms with E-state index in [1.807, 2.05) is 6.92 Å².